The molecule has 0 atom stereocenters. The zero-order valence-electron chi connectivity index (χ0n) is 8.82. The van der Waals surface area contributed by atoms with Crippen LogP contribution >= 0.6 is 0 Å². The molecule has 0 aliphatic carbocycles. The molecule has 1 heterocycles. The fourth-order valence-corrected chi connectivity index (χ4v) is 1.69. The molecule has 3 heteroatoms. The average molecular weight is 203 g/mol. The monoisotopic (exact) mass is 203 g/mol. The molecule has 1 aromatic heterocycles. The van der Waals surface area contributed by atoms with Gasteiger partial charge in [0.2, 0.25) is 0 Å². The lowest BCUT2D eigenvalue weighted by atomic mass is 10.1. The Labute approximate surface area is 88.3 Å². The molecule has 0 radical (unpaired) electrons. The summed E-state index contributed by atoms with van der Waals surface area (Å²) in [4.78, 5) is 4.42. The van der Waals surface area contributed by atoms with Crippen molar-refractivity contribution in [3.63, 3.8) is 0 Å². The number of hydrogen-bond donors (Lipinski definition) is 1. The van der Waals surface area contributed by atoms with E-state index in [0.29, 0.717) is 0 Å². The van der Waals surface area contributed by atoms with Crippen molar-refractivity contribution in [2.24, 2.45) is 0 Å². The highest BCUT2D eigenvalue weighted by molar-refractivity contribution is 5.87. The molecule has 2 rings (SSSR count). The number of nitrogens with zero attached hydrogens (tertiary/aromatic N) is 1. The van der Waals surface area contributed by atoms with Gasteiger partial charge in [0.25, 0.3) is 0 Å². The lowest BCUT2D eigenvalue weighted by molar-refractivity contribution is 0.283. The molecular weight excluding hydrogens is 190 g/mol. The van der Waals surface area contributed by atoms with Gasteiger partial charge in [0.1, 0.15) is 5.75 Å². The second-order valence-electron chi connectivity index (χ2n) is 3.44. The van der Waals surface area contributed by atoms with Gasteiger partial charge in [-0.3, -0.25) is 4.98 Å². The first-order valence-electron chi connectivity index (χ1n) is 4.80. The fourth-order valence-electron chi connectivity index (χ4n) is 1.69. The maximum absolute atomic E-state index is 9.21. The van der Waals surface area contributed by atoms with Gasteiger partial charge >= 0.3 is 0 Å². The molecule has 0 saturated carbocycles. The summed E-state index contributed by atoms with van der Waals surface area (Å²) in [5.41, 5.74) is 2.53. The summed E-state index contributed by atoms with van der Waals surface area (Å²) in [7, 11) is 1.64. The van der Waals surface area contributed by atoms with Crippen LogP contribution in [0.4, 0.5) is 0 Å². The number of ether oxygens (including phenoxy) is 1. The SMILES string of the molecule is COc1cc(C)nc2c(CO)cccc12. The molecule has 1 aromatic carbocycles. The van der Waals surface area contributed by atoms with Crippen LogP contribution in [-0.4, -0.2) is 17.2 Å². The number of rotatable bonds is 2. The van der Waals surface area contributed by atoms with E-state index in [1.165, 1.54) is 0 Å². The van der Waals surface area contributed by atoms with Gasteiger partial charge in [-0.25, -0.2) is 0 Å². The number of para-hydroxylation sites is 1. The van der Waals surface area contributed by atoms with Gasteiger partial charge in [-0.2, -0.15) is 0 Å². The van der Waals surface area contributed by atoms with Crippen LogP contribution in [-0.2, 0) is 6.61 Å². The average Bonchev–Trinajstić information content (AvgIpc) is 2.27. The normalized spacial score (nSPS) is 10.6. The minimum atomic E-state index is -0.00303. The topological polar surface area (TPSA) is 42.4 Å². The van der Waals surface area contributed by atoms with Crippen molar-refractivity contribution in [2.45, 2.75) is 13.5 Å². The second kappa shape index (κ2) is 3.87. The van der Waals surface area contributed by atoms with E-state index in [2.05, 4.69) is 4.98 Å². The molecule has 2 aromatic rings. The van der Waals surface area contributed by atoms with Crippen LogP contribution in [0.2, 0.25) is 0 Å². The summed E-state index contributed by atoms with van der Waals surface area (Å²) >= 11 is 0. The number of methoxy groups -OCH3 is 1. The van der Waals surface area contributed by atoms with Gasteiger partial charge in [-0.1, -0.05) is 12.1 Å². The summed E-state index contributed by atoms with van der Waals surface area (Å²) in [6.45, 7) is 1.91. The molecule has 0 fully saturated rings. The minimum absolute atomic E-state index is 0.00303. The highest BCUT2D eigenvalue weighted by atomic mass is 16.5. The van der Waals surface area contributed by atoms with Crippen molar-refractivity contribution in [1.82, 2.24) is 4.98 Å². The Morgan fingerprint density at radius 1 is 1.40 bits per heavy atom. The van der Waals surface area contributed by atoms with E-state index in [0.717, 1.165) is 27.9 Å². The fraction of sp³-hybridized carbons (Fsp3) is 0.250. The Morgan fingerprint density at radius 3 is 2.87 bits per heavy atom. The number of aliphatic hydroxyl groups is 1. The van der Waals surface area contributed by atoms with Crippen LogP contribution in [0.1, 0.15) is 11.3 Å². The highest BCUT2D eigenvalue weighted by Gasteiger charge is 2.07. The van der Waals surface area contributed by atoms with Crippen LogP contribution in [0.3, 0.4) is 0 Å². The molecule has 0 saturated heterocycles. The van der Waals surface area contributed by atoms with Crippen molar-refractivity contribution in [1.29, 1.82) is 0 Å². The van der Waals surface area contributed by atoms with Crippen LogP contribution in [0.5, 0.6) is 5.75 Å². The number of aromatic nitrogens is 1. The first kappa shape index (κ1) is 9.93. The molecule has 3 nitrogen and oxygen atoms in total. The van der Waals surface area contributed by atoms with Crippen molar-refractivity contribution in [3.05, 3.63) is 35.5 Å². The molecule has 78 valence electrons. The van der Waals surface area contributed by atoms with E-state index < -0.39 is 0 Å². The number of fused-ring (bicyclic) bond motifs is 1. The molecule has 0 bridgehead atoms. The Bertz CT molecular complexity index is 494. The summed E-state index contributed by atoms with van der Waals surface area (Å²) in [6, 6.07) is 7.60. The Morgan fingerprint density at radius 2 is 2.20 bits per heavy atom. The van der Waals surface area contributed by atoms with Crippen molar-refractivity contribution in [2.75, 3.05) is 7.11 Å². The number of hydrogen-bond acceptors (Lipinski definition) is 3. The smallest absolute Gasteiger partial charge is 0.130 e. The number of pyridine rings is 1. The highest BCUT2D eigenvalue weighted by Crippen LogP contribution is 2.27. The quantitative estimate of drug-likeness (QED) is 0.812. The first-order valence-corrected chi connectivity index (χ1v) is 4.80. The predicted molar refractivity (Wildman–Crippen MR) is 59.0 cm³/mol. The van der Waals surface area contributed by atoms with E-state index in [1.54, 1.807) is 7.11 Å². The Kier molecular flexibility index (Phi) is 2.56. The minimum Gasteiger partial charge on any atom is -0.496 e. The number of aliphatic hydroxyl groups excluding tert-OH is 1. The summed E-state index contributed by atoms with van der Waals surface area (Å²) < 4.78 is 5.29. The van der Waals surface area contributed by atoms with Gasteiger partial charge < -0.3 is 9.84 Å². The number of aryl methyl sites for hydroxylation is 1. The molecule has 1 N–H and O–H groups in total. The third kappa shape index (κ3) is 1.66. The summed E-state index contributed by atoms with van der Waals surface area (Å²) in [5, 5.41) is 10.1. The summed E-state index contributed by atoms with van der Waals surface area (Å²) in [6.07, 6.45) is 0. The Balaban J connectivity index is 2.82. The molecule has 0 spiro atoms. The van der Waals surface area contributed by atoms with Gasteiger partial charge in [0, 0.05) is 22.7 Å². The van der Waals surface area contributed by atoms with E-state index in [-0.39, 0.29) is 6.61 Å². The lowest BCUT2D eigenvalue weighted by Gasteiger charge is -2.08. The van der Waals surface area contributed by atoms with E-state index in [1.807, 2.05) is 31.2 Å². The van der Waals surface area contributed by atoms with Crippen LogP contribution in [0.15, 0.2) is 24.3 Å². The lowest BCUT2D eigenvalue weighted by Crippen LogP contribution is -1.94. The molecule has 0 aliphatic rings. The van der Waals surface area contributed by atoms with E-state index in [9.17, 15) is 5.11 Å². The zero-order valence-corrected chi connectivity index (χ0v) is 8.82. The largest absolute Gasteiger partial charge is 0.496 e. The third-order valence-electron chi connectivity index (χ3n) is 2.40. The van der Waals surface area contributed by atoms with Crippen molar-refractivity contribution < 1.29 is 9.84 Å². The van der Waals surface area contributed by atoms with Gasteiger partial charge in [0.15, 0.2) is 0 Å². The molecule has 0 unspecified atom stereocenters. The third-order valence-corrected chi connectivity index (χ3v) is 2.40. The zero-order chi connectivity index (χ0) is 10.8. The maximum atomic E-state index is 9.21. The van der Waals surface area contributed by atoms with Crippen molar-refractivity contribution >= 4 is 10.9 Å². The van der Waals surface area contributed by atoms with Crippen LogP contribution < -0.4 is 4.74 Å². The number of benzene rings is 1. The van der Waals surface area contributed by atoms with Gasteiger partial charge in [-0.15, -0.1) is 0 Å². The predicted octanol–water partition coefficient (Wildman–Crippen LogP) is 2.04. The molecule has 0 aliphatic heterocycles. The molecule has 15 heavy (non-hydrogen) atoms. The second-order valence-corrected chi connectivity index (χ2v) is 3.44. The van der Waals surface area contributed by atoms with Crippen molar-refractivity contribution in [3.8, 4) is 5.75 Å². The molecule has 0 amide bonds. The van der Waals surface area contributed by atoms with E-state index >= 15 is 0 Å². The van der Waals surface area contributed by atoms with Crippen LogP contribution in [0.25, 0.3) is 10.9 Å². The first-order chi connectivity index (χ1) is 7.26. The van der Waals surface area contributed by atoms with E-state index in [4.69, 9.17) is 4.74 Å². The maximum Gasteiger partial charge on any atom is 0.130 e. The van der Waals surface area contributed by atoms with Gasteiger partial charge in [0.05, 0.1) is 19.2 Å². The van der Waals surface area contributed by atoms with Crippen LogP contribution in [0, 0.1) is 6.92 Å². The summed E-state index contributed by atoms with van der Waals surface area (Å²) in [5.74, 6) is 0.799. The molecular formula is C12H13NO2. The Hall–Kier alpha value is -1.61. The standard InChI is InChI=1S/C12H13NO2/c1-8-6-11(15-2)10-5-3-4-9(7-14)12(10)13-8/h3-6,14H,7H2,1-2H3. The van der Waals surface area contributed by atoms with Gasteiger partial charge in [-0.05, 0) is 13.0 Å².